The van der Waals surface area contributed by atoms with E-state index in [1.165, 1.54) is 11.1 Å². The Kier molecular flexibility index (Phi) is 5.65. The molecule has 29 heavy (non-hydrogen) atoms. The first-order valence-electron chi connectivity index (χ1n) is 10.3. The van der Waals surface area contributed by atoms with E-state index in [0.717, 1.165) is 25.2 Å². The highest BCUT2D eigenvalue weighted by molar-refractivity contribution is 5.67. The molecule has 1 aromatic heterocycles. The normalized spacial score (nSPS) is 15.8. The van der Waals surface area contributed by atoms with Gasteiger partial charge in [0.05, 0.1) is 12.0 Å². The Morgan fingerprint density at radius 3 is 2.34 bits per heavy atom. The summed E-state index contributed by atoms with van der Waals surface area (Å²) in [5, 5.41) is 0. The molecule has 150 valence electrons. The van der Waals surface area contributed by atoms with E-state index < -0.39 is 0 Å². The molecule has 0 bridgehead atoms. The van der Waals surface area contributed by atoms with Crippen LogP contribution in [0.4, 0.5) is 4.79 Å². The van der Waals surface area contributed by atoms with Crippen molar-refractivity contribution in [2.75, 3.05) is 19.7 Å². The zero-order valence-electron chi connectivity index (χ0n) is 16.8. The van der Waals surface area contributed by atoms with Gasteiger partial charge in [0.2, 0.25) is 0 Å². The van der Waals surface area contributed by atoms with Crippen LogP contribution >= 0.6 is 0 Å². The van der Waals surface area contributed by atoms with Crippen molar-refractivity contribution in [2.45, 2.75) is 31.7 Å². The number of rotatable bonds is 5. The number of ether oxygens (including phenoxy) is 1. The molecule has 0 atom stereocenters. The Hall–Kier alpha value is -3.08. The highest BCUT2D eigenvalue weighted by Crippen LogP contribution is 2.41. The summed E-state index contributed by atoms with van der Waals surface area (Å²) in [7, 11) is 0. The SMILES string of the molecule is CCOC(=O)N1CCC(c2ccccc2)(c2nccn2Cc2ccccc2)CC1. The third kappa shape index (κ3) is 3.90. The molecule has 1 fully saturated rings. The number of piperidine rings is 1. The van der Waals surface area contributed by atoms with Crippen LogP contribution in [-0.4, -0.2) is 40.2 Å². The molecule has 4 rings (SSSR count). The van der Waals surface area contributed by atoms with Gasteiger partial charge in [-0.05, 0) is 30.9 Å². The fraction of sp³-hybridized carbons (Fsp3) is 0.333. The molecule has 1 aliphatic heterocycles. The van der Waals surface area contributed by atoms with E-state index in [9.17, 15) is 4.79 Å². The molecule has 0 saturated carbocycles. The third-order valence-electron chi connectivity index (χ3n) is 5.81. The number of aromatic nitrogens is 2. The molecular formula is C24H27N3O2. The summed E-state index contributed by atoms with van der Waals surface area (Å²) in [5.74, 6) is 1.07. The van der Waals surface area contributed by atoms with E-state index >= 15 is 0 Å². The summed E-state index contributed by atoms with van der Waals surface area (Å²) in [6.45, 7) is 4.35. The summed E-state index contributed by atoms with van der Waals surface area (Å²) < 4.78 is 7.47. The summed E-state index contributed by atoms with van der Waals surface area (Å²) in [6, 6.07) is 21.0. The standard InChI is InChI=1S/C24H27N3O2/c1-2-29-23(28)26-16-13-24(14-17-26,21-11-7-4-8-12-21)22-25-15-18-27(22)19-20-9-5-3-6-10-20/h3-12,15,18H,2,13-14,16-17,19H2,1H3. The van der Waals surface area contributed by atoms with Gasteiger partial charge in [-0.3, -0.25) is 0 Å². The van der Waals surface area contributed by atoms with Gasteiger partial charge in [-0.1, -0.05) is 60.7 Å². The van der Waals surface area contributed by atoms with E-state index in [4.69, 9.17) is 9.72 Å². The van der Waals surface area contributed by atoms with Crippen LogP contribution in [0.2, 0.25) is 0 Å². The Bertz CT molecular complexity index is 929. The second-order valence-electron chi connectivity index (χ2n) is 7.50. The summed E-state index contributed by atoms with van der Waals surface area (Å²) in [4.78, 5) is 18.9. The summed E-state index contributed by atoms with van der Waals surface area (Å²) >= 11 is 0. The second-order valence-corrected chi connectivity index (χ2v) is 7.50. The van der Waals surface area contributed by atoms with Crippen LogP contribution in [0.5, 0.6) is 0 Å². The van der Waals surface area contributed by atoms with Crippen LogP contribution in [0.3, 0.4) is 0 Å². The number of amides is 1. The van der Waals surface area contributed by atoms with Gasteiger partial charge in [0.15, 0.2) is 0 Å². The first-order valence-corrected chi connectivity index (χ1v) is 10.3. The van der Waals surface area contributed by atoms with E-state index in [-0.39, 0.29) is 11.5 Å². The van der Waals surface area contributed by atoms with Gasteiger partial charge in [0, 0.05) is 32.0 Å². The lowest BCUT2D eigenvalue weighted by Gasteiger charge is -2.41. The van der Waals surface area contributed by atoms with Gasteiger partial charge < -0.3 is 14.2 Å². The number of carbonyl (C=O) groups excluding carboxylic acids is 1. The van der Waals surface area contributed by atoms with Gasteiger partial charge in [-0.25, -0.2) is 9.78 Å². The average molecular weight is 389 g/mol. The molecule has 0 radical (unpaired) electrons. The van der Waals surface area contributed by atoms with Crippen molar-refractivity contribution in [1.29, 1.82) is 0 Å². The Morgan fingerprint density at radius 2 is 1.69 bits per heavy atom. The highest BCUT2D eigenvalue weighted by Gasteiger charge is 2.42. The van der Waals surface area contributed by atoms with E-state index in [1.807, 2.05) is 30.2 Å². The molecule has 1 amide bonds. The van der Waals surface area contributed by atoms with E-state index in [0.29, 0.717) is 19.7 Å². The molecule has 0 unspecified atom stereocenters. The van der Waals surface area contributed by atoms with Gasteiger partial charge in [-0.15, -0.1) is 0 Å². The number of likely N-dealkylation sites (tertiary alicyclic amines) is 1. The van der Waals surface area contributed by atoms with Crippen molar-refractivity contribution in [3.05, 3.63) is 90.0 Å². The van der Waals surface area contributed by atoms with Crippen LogP contribution in [-0.2, 0) is 16.7 Å². The number of nitrogens with zero attached hydrogens (tertiary/aromatic N) is 3. The van der Waals surface area contributed by atoms with E-state index in [2.05, 4.69) is 59.3 Å². The predicted octanol–water partition coefficient (Wildman–Crippen LogP) is 4.47. The largest absolute Gasteiger partial charge is 0.450 e. The van der Waals surface area contributed by atoms with Crippen LogP contribution in [0.25, 0.3) is 0 Å². The van der Waals surface area contributed by atoms with Crippen molar-refractivity contribution >= 4 is 6.09 Å². The summed E-state index contributed by atoms with van der Waals surface area (Å²) in [6.07, 6.45) is 5.37. The number of imidazole rings is 1. The molecule has 1 saturated heterocycles. The molecular weight excluding hydrogens is 362 g/mol. The first kappa shape index (κ1) is 19.2. The van der Waals surface area contributed by atoms with Gasteiger partial charge in [0.1, 0.15) is 5.82 Å². The molecule has 5 nitrogen and oxygen atoms in total. The van der Waals surface area contributed by atoms with E-state index in [1.54, 1.807) is 0 Å². The summed E-state index contributed by atoms with van der Waals surface area (Å²) in [5.41, 5.74) is 2.28. The monoisotopic (exact) mass is 389 g/mol. The number of benzene rings is 2. The molecule has 0 spiro atoms. The second kappa shape index (κ2) is 8.52. The number of hydrogen-bond acceptors (Lipinski definition) is 3. The van der Waals surface area contributed by atoms with Crippen LogP contribution in [0.1, 0.15) is 36.7 Å². The first-order chi connectivity index (χ1) is 14.2. The Balaban J connectivity index is 1.67. The maximum absolute atomic E-state index is 12.2. The quantitative estimate of drug-likeness (QED) is 0.647. The van der Waals surface area contributed by atoms with Crippen LogP contribution in [0, 0.1) is 0 Å². The smallest absolute Gasteiger partial charge is 0.409 e. The molecule has 5 heteroatoms. The molecule has 2 aromatic carbocycles. The predicted molar refractivity (Wildman–Crippen MR) is 113 cm³/mol. The lowest BCUT2D eigenvalue weighted by atomic mass is 9.72. The third-order valence-corrected chi connectivity index (χ3v) is 5.81. The Morgan fingerprint density at radius 1 is 1.03 bits per heavy atom. The van der Waals surface area contributed by atoms with Gasteiger partial charge in [-0.2, -0.15) is 0 Å². The fourth-order valence-electron chi connectivity index (χ4n) is 4.32. The molecule has 3 aromatic rings. The maximum Gasteiger partial charge on any atom is 0.409 e. The molecule has 1 aliphatic rings. The zero-order chi connectivity index (χ0) is 20.1. The molecule has 0 aliphatic carbocycles. The van der Waals surface area contributed by atoms with Gasteiger partial charge in [0.25, 0.3) is 0 Å². The zero-order valence-corrected chi connectivity index (χ0v) is 16.8. The Labute approximate surface area is 171 Å². The minimum absolute atomic E-state index is 0.220. The maximum atomic E-state index is 12.2. The fourth-order valence-corrected chi connectivity index (χ4v) is 4.32. The molecule has 0 N–H and O–H groups in total. The lowest BCUT2D eigenvalue weighted by Crippen LogP contribution is -2.47. The number of hydrogen-bond donors (Lipinski definition) is 0. The number of carbonyl (C=O) groups is 1. The molecule has 2 heterocycles. The highest BCUT2D eigenvalue weighted by atomic mass is 16.6. The van der Waals surface area contributed by atoms with Crippen molar-refractivity contribution in [2.24, 2.45) is 0 Å². The van der Waals surface area contributed by atoms with Crippen molar-refractivity contribution in [3.8, 4) is 0 Å². The average Bonchev–Trinajstić information content (AvgIpc) is 3.24. The minimum Gasteiger partial charge on any atom is -0.450 e. The minimum atomic E-state index is -0.221. The van der Waals surface area contributed by atoms with Crippen LogP contribution in [0.15, 0.2) is 73.1 Å². The van der Waals surface area contributed by atoms with Crippen molar-refractivity contribution in [3.63, 3.8) is 0 Å². The van der Waals surface area contributed by atoms with Crippen LogP contribution < -0.4 is 0 Å². The lowest BCUT2D eigenvalue weighted by molar-refractivity contribution is 0.0894. The topological polar surface area (TPSA) is 47.4 Å². The van der Waals surface area contributed by atoms with Gasteiger partial charge >= 0.3 is 6.09 Å². The van der Waals surface area contributed by atoms with Crippen molar-refractivity contribution in [1.82, 2.24) is 14.5 Å². The van der Waals surface area contributed by atoms with Crippen molar-refractivity contribution < 1.29 is 9.53 Å².